The summed E-state index contributed by atoms with van der Waals surface area (Å²) in [5.74, 6) is 0. The SMILES string of the molecule is BC(PCC)C(C)(C)C. The summed E-state index contributed by atoms with van der Waals surface area (Å²) in [5, 5.41) is 0. The number of hydrogen-bond donors (Lipinski definition) is 0. The third-order valence-corrected chi connectivity index (χ3v) is 3.70. The predicted molar refractivity (Wildman–Crippen MR) is 50.6 cm³/mol. The van der Waals surface area contributed by atoms with Crippen molar-refractivity contribution in [3.63, 3.8) is 0 Å². The van der Waals surface area contributed by atoms with E-state index in [2.05, 4.69) is 35.5 Å². The lowest BCUT2D eigenvalue weighted by atomic mass is 9.80. The van der Waals surface area contributed by atoms with Gasteiger partial charge in [0.1, 0.15) is 7.85 Å². The predicted octanol–water partition coefficient (Wildman–Crippen LogP) is 1.69. The van der Waals surface area contributed by atoms with Gasteiger partial charge in [-0.1, -0.05) is 27.7 Å². The highest BCUT2D eigenvalue weighted by atomic mass is 31.1. The number of rotatable bonds is 2. The molecule has 9 heavy (non-hydrogen) atoms. The summed E-state index contributed by atoms with van der Waals surface area (Å²) in [4.78, 5) is 0. The maximum Gasteiger partial charge on any atom is 0.111 e. The summed E-state index contributed by atoms with van der Waals surface area (Å²) in [6.07, 6.45) is 1.35. The normalized spacial score (nSPS) is 16.9. The summed E-state index contributed by atoms with van der Waals surface area (Å²) < 4.78 is 0. The maximum atomic E-state index is 2.35. The molecule has 0 rings (SSSR count). The average Bonchev–Trinajstić information content (AvgIpc) is 1.64. The van der Waals surface area contributed by atoms with E-state index in [0.29, 0.717) is 5.41 Å². The standard InChI is InChI=1S/C7H18BP/c1-5-9-6(8)7(2,3)4/h6,9H,5,8H2,1-4H3. The molecule has 0 saturated carbocycles. The molecule has 0 radical (unpaired) electrons. The molecule has 54 valence electrons. The van der Waals surface area contributed by atoms with Crippen LogP contribution >= 0.6 is 8.58 Å². The molecule has 0 aliphatic heterocycles. The topological polar surface area (TPSA) is 0 Å². The molecule has 0 N–H and O–H groups in total. The molecule has 0 fully saturated rings. The fourth-order valence-electron chi connectivity index (χ4n) is 0.612. The van der Waals surface area contributed by atoms with Crippen molar-refractivity contribution in [3.05, 3.63) is 0 Å². The summed E-state index contributed by atoms with van der Waals surface area (Å²) in [5.41, 5.74) is 1.41. The quantitative estimate of drug-likeness (QED) is 0.408. The fourth-order valence-corrected chi connectivity index (χ4v) is 1.84. The molecule has 0 aliphatic rings. The maximum absolute atomic E-state index is 2.35. The fraction of sp³-hybridized carbons (Fsp3) is 1.00. The van der Waals surface area contributed by atoms with Crippen LogP contribution < -0.4 is 0 Å². The van der Waals surface area contributed by atoms with Crippen molar-refractivity contribution in [2.24, 2.45) is 5.41 Å². The van der Waals surface area contributed by atoms with Gasteiger partial charge in [-0.2, -0.15) is 0 Å². The molecular weight excluding hydrogens is 126 g/mol. The van der Waals surface area contributed by atoms with Crippen molar-refractivity contribution in [2.75, 3.05) is 6.16 Å². The zero-order chi connectivity index (χ0) is 7.49. The van der Waals surface area contributed by atoms with E-state index in [1.165, 1.54) is 6.16 Å². The Bertz CT molecular complexity index is 75.5. The lowest BCUT2D eigenvalue weighted by molar-refractivity contribution is 0.452. The third-order valence-electron chi connectivity index (χ3n) is 1.81. The van der Waals surface area contributed by atoms with E-state index in [1.807, 2.05) is 0 Å². The van der Waals surface area contributed by atoms with Gasteiger partial charge >= 0.3 is 0 Å². The molecule has 2 atom stereocenters. The molecule has 0 aromatic carbocycles. The molecule has 0 nitrogen and oxygen atoms in total. The van der Waals surface area contributed by atoms with Crippen LogP contribution in [0.1, 0.15) is 27.7 Å². The first-order chi connectivity index (χ1) is 3.98. The lowest BCUT2D eigenvalue weighted by Gasteiger charge is -2.26. The van der Waals surface area contributed by atoms with E-state index >= 15 is 0 Å². The zero-order valence-electron chi connectivity index (χ0n) is 7.28. The first kappa shape index (κ1) is 9.49. The molecule has 2 heteroatoms. The highest BCUT2D eigenvalue weighted by Gasteiger charge is 2.17. The molecular formula is C7H18BP. The molecule has 0 bridgehead atoms. The van der Waals surface area contributed by atoms with Crippen LogP contribution in [0.4, 0.5) is 0 Å². The van der Waals surface area contributed by atoms with Crippen LogP contribution in [0.25, 0.3) is 0 Å². The molecule has 0 aliphatic carbocycles. The minimum absolute atomic E-state index is 0.522. The summed E-state index contributed by atoms with van der Waals surface area (Å²) >= 11 is 0. The van der Waals surface area contributed by atoms with Crippen LogP contribution in [-0.2, 0) is 0 Å². The second kappa shape index (κ2) is 3.61. The van der Waals surface area contributed by atoms with Crippen molar-refractivity contribution in [2.45, 2.75) is 33.3 Å². The van der Waals surface area contributed by atoms with Gasteiger partial charge in [-0.25, -0.2) is 0 Å². The van der Waals surface area contributed by atoms with Gasteiger partial charge in [0.25, 0.3) is 0 Å². The molecule has 2 unspecified atom stereocenters. The Kier molecular flexibility index (Phi) is 3.81. The minimum Gasteiger partial charge on any atom is -0.127 e. The molecule has 0 aromatic heterocycles. The Hall–Kier alpha value is 0.495. The smallest absolute Gasteiger partial charge is 0.111 e. The van der Waals surface area contributed by atoms with E-state index in [4.69, 9.17) is 0 Å². The van der Waals surface area contributed by atoms with E-state index < -0.39 is 0 Å². The number of hydrogen-bond acceptors (Lipinski definition) is 0. The van der Waals surface area contributed by atoms with Crippen molar-refractivity contribution < 1.29 is 0 Å². The third kappa shape index (κ3) is 3.97. The van der Waals surface area contributed by atoms with Gasteiger partial charge in [0.05, 0.1) is 0 Å². The highest BCUT2D eigenvalue weighted by molar-refractivity contribution is 7.41. The minimum atomic E-state index is 0.522. The van der Waals surface area contributed by atoms with Crippen LogP contribution in [0.15, 0.2) is 0 Å². The first-order valence-corrected chi connectivity index (χ1v) is 5.00. The molecule has 0 amide bonds. The van der Waals surface area contributed by atoms with Crippen molar-refractivity contribution in [3.8, 4) is 0 Å². The van der Waals surface area contributed by atoms with Gasteiger partial charge in [0.2, 0.25) is 0 Å². The Balaban J connectivity index is 3.59. The van der Waals surface area contributed by atoms with Crippen molar-refractivity contribution in [1.82, 2.24) is 0 Å². The van der Waals surface area contributed by atoms with Crippen LogP contribution in [0, 0.1) is 5.41 Å². The van der Waals surface area contributed by atoms with E-state index in [1.54, 1.807) is 0 Å². The van der Waals surface area contributed by atoms with Gasteiger partial charge in [0.15, 0.2) is 0 Å². The van der Waals surface area contributed by atoms with E-state index in [0.717, 1.165) is 14.1 Å². The van der Waals surface area contributed by atoms with Gasteiger partial charge < -0.3 is 0 Å². The van der Waals surface area contributed by atoms with Gasteiger partial charge in [-0.15, -0.1) is 8.58 Å². The van der Waals surface area contributed by atoms with E-state index in [-0.39, 0.29) is 0 Å². The molecule has 0 heterocycles. The van der Waals surface area contributed by atoms with E-state index in [9.17, 15) is 0 Å². The van der Waals surface area contributed by atoms with Gasteiger partial charge in [-0.3, -0.25) is 0 Å². The van der Waals surface area contributed by atoms with Crippen molar-refractivity contribution >= 4 is 16.4 Å². The zero-order valence-corrected chi connectivity index (χ0v) is 8.28. The van der Waals surface area contributed by atoms with Crippen LogP contribution in [-0.4, -0.2) is 19.6 Å². The Morgan fingerprint density at radius 1 is 1.44 bits per heavy atom. The molecule has 0 spiro atoms. The van der Waals surface area contributed by atoms with Gasteiger partial charge in [0, 0.05) is 0 Å². The average molecular weight is 144 g/mol. The highest BCUT2D eigenvalue weighted by Crippen LogP contribution is 2.31. The van der Waals surface area contributed by atoms with Crippen LogP contribution in [0.3, 0.4) is 0 Å². The summed E-state index contributed by atoms with van der Waals surface area (Å²) in [6.45, 7) is 9.22. The van der Waals surface area contributed by atoms with Gasteiger partial charge in [-0.05, 0) is 17.1 Å². The first-order valence-electron chi connectivity index (χ1n) is 3.72. The van der Waals surface area contributed by atoms with Crippen LogP contribution in [0.5, 0.6) is 0 Å². The second-order valence-corrected chi connectivity index (χ2v) is 5.63. The van der Waals surface area contributed by atoms with Crippen LogP contribution in [0.2, 0.25) is 0 Å². The summed E-state index contributed by atoms with van der Waals surface area (Å²) in [7, 11) is 3.49. The monoisotopic (exact) mass is 144 g/mol. The molecule has 0 aromatic rings. The largest absolute Gasteiger partial charge is 0.127 e. The Morgan fingerprint density at radius 2 is 1.89 bits per heavy atom. The Labute approximate surface area is 62.0 Å². The Morgan fingerprint density at radius 3 is 2.00 bits per heavy atom. The second-order valence-electron chi connectivity index (χ2n) is 3.65. The lowest BCUT2D eigenvalue weighted by Crippen LogP contribution is -2.22. The molecule has 0 saturated heterocycles. The summed E-state index contributed by atoms with van der Waals surface area (Å²) in [6, 6.07) is 0. The van der Waals surface area contributed by atoms with Crippen molar-refractivity contribution in [1.29, 1.82) is 0 Å².